The first-order valence-corrected chi connectivity index (χ1v) is 5.87. The van der Waals surface area contributed by atoms with Gasteiger partial charge in [0.2, 0.25) is 5.91 Å². The van der Waals surface area contributed by atoms with Crippen LogP contribution in [-0.2, 0) is 4.79 Å². The number of carboxylic acid groups (broad SMARTS) is 1. The summed E-state index contributed by atoms with van der Waals surface area (Å²) in [7, 11) is 0. The van der Waals surface area contributed by atoms with Gasteiger partial charge < -0.3 is 10.4 Å². The number of hydrogen-bond donors (Lipinski definition) is 2. The molecule has 2 rings (SSSR count). The molecule has 5 nitrogen and oxygen atoms in total. The summed E-state index contributed by atoms with van der Waals surface area (Å²) < 4.78 is 0. The van der Waals surface area contributed by atoms with Gasteiger partial charge in [-0.1, -0.05) is 0 Å². The Hall–Kier alpha value is -2.95. The number of nitrogens with one attached hydrogen (secondary N) is 1. The maximum Gasteiger partial charge on any atom is 0.335 e. The Morgan fingerprint density at radius 3 is 2.30 bits per heavy atom. The Labute approximate surface area is 115 Å². The number of carbonyl (C=O) groups excluding carboxylic acids is 1. The highest BCUT2D eigenvalue weighted by Gasteiger charge is 2.02. The summed E-state index contributed by atoms with van der Waals surface area (Å²) in [6.45, 7) is 0. The van der Waals surface area contributed by atoms with Crippen molar-refractivity contribution in [1.82, 2.24) is 4.98 Å². The largest absolute Gasteiger partial charge is 0.478 e. The summed E-state index contributed by atoms with van der Waals surface area (Å²) in [5.41, 5.74) is 1.59. The zero-order chi connectivity index (χ0) is 14.4. The first-order valence-electron chi connectivity index (χ1n) is 5.87. The molecule has 0 saturated heterocycles. The molecule has 0 atom stereocenters. The van der Waals surface area contributed by atoms with Crippen LogP contribution in [-0.4, -0.2) is 22.0 Å². The molecule has 1 amide bonds. The molecule has 100 valence electrons. The van der Waals surface area contributed by atoms with E-state index in [2.05, 4.69) is 10.3 Å². The van der Waals surface area contributed by atoms with Crippen LogP contribution in [0.4, 0.5) is 5.69 Å². The maximum atomic E-state index is 11.7. The Bertz CT molecular complexity index is 634. The minimum absolute atomic E-state index is 0.176. The van der Waals surface area contributed by atoms with Crippen LogP contribution >= 0.6 is 0 Å². The molecule has 1 aromatic heterocycles. The smallest absolute Gasteiger partial charge is 0.335 e. The first kappa shape index (κ1) is 13.5. The van der Waals surface area contributed by atoms with E-state index < -0.39 is 5.97 Å². The van der Waals surface area contributed by atoms with E-state index in [1.165, 1.54) is 18.2 Å². The molecule has 1 heterocycles. The van der Waals surface area contributed by atoms with Gasteiger partial charge in [0.1, 0.15) is 0 Å². The molecule has 0 fully saturated rings. The zero-order valence-electron chi connectivity index (χ0n) is 10.5. The monoisotopic (exact) mass is 268 g/mol. The summed E-state index contributed by atoms with van der Waals surface area (Å²) in [5.74, 6) is -1.29. The quantitative estimate of drug-likeness (QED) is 0.835. The van der Waals surface area contributed by atoms with Gasteiger partial charge in [0, 0.05) is 24.2 Å². The predicted molar refractivity (Wildman–Crippen MR) is 75.3 cm³/mol. The highest BCUT2D eigenvalue weighted by Crippen LogP contribution is 2.10. The molecule has 0 aliphatic rings. The van der Waals surface area contributed by atoms with E-state index >= 15 is 0 Å². The number of rotatable bonds is 4. The molecule has 0 unspecified atom stereocenters. The van der Waals surface area contributed by atoms with Crippen molar-refractivity contribution in [2.75, 3.05) is 5.32 Å². The van der Waals surface area contributed by atoms with E-state index in [1.807, 2.05) is 0 Å². The van der Waals surface area contributed by atoms with Crippen LogP contribution in [0.3, 0.4) is 0 Å². The molecule has 0 aliphatic heterocycles. The minimum atomic E-state index is -1.000. The molecule has 0 saturated carbocycles. The van der Waals surface area contributed by atoms with Gasteiger partial charge >= 0.3 is 5.97 Å². The summed E-state index contributed by atoms with van der Waals surface area (Å²) in [6.07, 6.45) is 6.35. The van der Waals surface area contributed by atoms with E-state index in [4.69, 9.17) is 5.11 Å². The van der Waals surface area contributed by atoms with E-state index in [9.17, 15) is 9.59 Å². The summed E-state index contributed by atoms with van der Waals surface area (Å²) in [6, 6.07) is 9.52. The van der Waals surface area contributed by atoms with Crippen molar-refractivity contribution in [3.63, 3.8) is 0 Å². The van der Waals surface area contributed by atoms with Crippen LogP contribution in [0.1, 0.15) is 15.9 Å². The van der Waals surface area contributed by atoms with Crippen molar-refractivity contribution in [1.29, 1.82) is 0 Å². The third kappa shape index (κ3) is 3.78. The van der Waals surface area contributed by atoms with Gasteiger partial charge in [-0.2, -0.15) is 0 Å². The second kappa shape index (κ2) is 6.29. The summed E-state index contributed by atoms with van der Waals surface area (Å²) in [4.78, 5) is 26.2. The molecule has 5 heteroatoms. The number of carbonyl (C=O) groups is 2. The van der Waals surface area contributed by atoms with Crippen molar-refractivity contribution in [2.24, 2.45) is 0 Å². The lowest BCUT2D eigenvalue weighted by Gasteiger charge is -2.02. The molecule has 0 aliphatic carbocycles. The molecule has 0 bridgehead atoms. The van der Waals surface area contributed by atoms with E-state index in [1.54, 1.807) is 42.7 Å². The number of benzene rings is 1. The SMILES string of the molecule is O=C(C=Cc1ccncc1)Nc1ccc(C(=O)O)cc1. The van der Waals surface area contributed by atoms with Crippen LogP contribution in [0.5, 0.6) is 0 Å². The van der Waals surface area contributed by atoms with Crippen LogP contribution in [0.2, 0.25) is 0 Å². The fraction of sp³-hybridized carbons (Fsp3) is 0. The van der Waals surface area contributed by atoms with Gasteiger partial charge in [-0.25, -0.2) is 4.79 Å². The second-order valence-electron chi connectivity index (χ2n) is 3.99. The van der Waals surface area contributed by atoms with Gasteiger partial charge in [-0.3, -0.25) is 9.78 Å². The number of aromatic carboxylic acids is 1. The van der Waals surface area contributed by atoms with E-state index in [0.717, 1.165) is 5.56 Å². The Morgan fingerprint density at radius 2 is 1.70 bits per heavy atom. The fourth-order valence-corrected chi connectivity index (χ4v) is 1.53. The molecule has 0 radical (unpaired) electrons. The predicted octanol–water partition coefficient (Wildman–Crippen LogP) is 2.43. The second-order valence-corrected chi connectivity index (χ2v) is 3.99. The van der Waals surface area contributed by atoms with Crippen molar-refractivity contribution >= 4 is 23.6 Å². The van der Waals surface area contributed by atoms with Gasteiger partial charge in [0.25, 0.3) is 0 Å². The molecule has 2 N–H and O–H groups in total. The number of hydrogen-bond acceptors (Lipinski definition) is 3. The van der Waals surface area contributed by atoms with Crippen LogP contribution in [0, 0.1) is 0 Å². The van der Waals surface area contributed by atoms with Crippen molar-refractivity contribution < 1.29 is 14.7 Å². The number of carboxylic acids is 1. The van der Waals surface area contributed by atoms with E-state index in [-0.39, 0.29) is 11.5 Å². The van der Waals surface area contributed by atoms with Crippen LogP contribution in [0.15, 0.2) is 54.9 Å². The maximum absolute atomic E-state index is 11.7. The zero-order valence-corrected chi connectivity index (χ0v) is 10.5. The fourth-order valence-electron chi connectivity index (χ4n) is 1.53. The molecule has 1 aromatic carbocycles. The topological polar surface area (TPSA) is 79.3 Å². The summed E-state index contributed by atoms with van der Waals surface area (Å²) in [5, 5.41) is 11.4. The Kier molecular flexibility index (Phi) is 4.24. The third-order valence-corrected chi connectivity index (χ3v) is 2.53. The van der Waals surface area contributed by atoms with Crippen molar-refractivity contribution in [2.45, 2.75) is 0 Å². The van der Waals surface area contributed by atoms with Crippen molar-refractivity contribution in [3.05, 3.63) is 66.0 Å². The lowest BCUT2D eigenvalue weighted by molar-refractivity contribution is -0.111. The highest BCUT2D eigenvalue weighted by atomic mass is 16.4. The lowest BCUT2D eigenvalue weighted by Crippen LogP contribution is -2.08. The van der Waals surface area contributed by atoms with Crippen molar-refractivity contribution in [3.8, 4) is 0 Å². The Morgan fingerprint density at radius 1 is 1.05 bits per heavy atom. The average Bonchev–Trinajstić information content (AvgIpc) is 2.47. The number of aromatic nitrogens is 1. The van der Waals surface area contributed by atoms with Gasteiger partial charge in [-0.05, 0) is 48.0 Å². The number of pyridine rings is 1. The van der Waals surface area contributed by atoms with Gasteiger partial charge in [0.05, 0.1) is 5.56 Å². The summed E-state index contributed by atoms with van der Waals surface area (Å²) >= 11 is 0. The average molecular weight is 268 g/mol. The van der Waals surface area contributed by atoms with Crippen LogP contribution in [0.25, 0.3) is 6.08 Å². The van der Waals surface area contributed by atoms with Gasteiger partial charge in [0.15, 0.2) is 0 Å². The van der Waals surface area contributed by atoms with E-state index in [0.29, 0.717) is 5.69 Å². The minimum Gasteiger partial charge on any atom is -0.478 e. The molecule has 0 spiro atoms. The van der Waals surface area contributed by atoms with Crippen LogP contribution < -0.4 is 5.32 Å². The number of amides is 1. The normalized spacial score (nSPS) is 10.4. The Balaban J connectivity index is 1.98. The lowest BCUT2D eigenvalue weighted by atomic mass is 10.2. The molecule has 2 aromatic rings. The number of anilines is 1. The standard InChI is InChI=1S/C15H12N2O3/c18-14(6-1-11-7-9-16-10-8-11)17-13-4-2-12(3-5-13)15(19)20/h1-10H,(H,17,18)(H,19,20). The number of nitrogens with zero attached hydrogens (tertiary/aromatic N) is 1. The highest BCUT2D eigenvalue weighted by molar-refractivity contribution is 6.02. The third-order valence-electron chi connectivity index (χ3n) is 2.53. The van der Waals surface area contributed by atoms with Gasteiger partial charge in [-0.15, -0.1) is 0 Å². The molecule has 20 heavy (non-hydrogen) atoms. The molecular formula is C15H12N2O3. The first-order chi connectivity index (χ1) is 9.65. The molecular weight excluding hydrogens is 256 g/mol.